The van der Waals surface area contributed by atoms with Gasteiger partial charge in [-0.25, -0.2) is 4.98 Å². The lowest BCUT2D eigenvalue weighted by Gasteiger charge is -2.12. The molecule has 0 bridgehead atoms. The number of aliphatic hydroxyl groups excluding tert-OH is 1. The van der Waals surface area contributed by atoms with Crippen molar-refractivity contribution in [3.05, 3.63) is 53.6 Å². The smallest absolute Gasteiger partial charge is 0.142 e. The first-order valence-electron chi connectivity index (χ1n) is 5.45. The number of aromatic nitrogens is 2. The van der Waals surface area contributed by atoms with Crippen molar-refractivity contribution in [2.24, 2.45) is 0 Å². The standard InChI is InChI=1S/C13H13N3O/c1-2-16-7-6-15-13(16)12(17)11-5-3-4-10(8-11)9-14/h3-8,12,17H,2H2,1H3. The van der Waals surface area contributed by atoms with Crippen LogP contribution in [0.4, 0.5) is 0 Å². The predicted molar refractivity (Wildman–Crippen MR) is 63.1 cm³/mol. The fraction of sp³-hybridized carbons (Fsp3) is 0.231. The van der Waals surface area contributed by atoms with Crippen molar-refractivity contribution in [1.82, 2.24) is 9.55 Å². The summed E-state index contributed by atoms with van der Waals surface area (Å²) >= 11 is 0. The van der Waals surface area contributed by atoms with E-state index in [9.17, 15) is 5.11 Å². The molecule has 4 nitrogen and oxygen atoms in total. The summed E-state index contributed by atoms with van der Waals surface area (Å²) in [6.45, 7) is 2.74. The summed E-state index contributed by atoms with van der Waals surface area (Å²) in [6, 6.07) is 9.00. The number of aliphatic hydroxyl groups is 1. The second kappa shape index (κ2) is 4.81. The summed E-state index contributed by atoms with van der Waals surface area (Å²) < 4.78 is 1.88. The molecule has 86 valence electrons. The Morgan fingerprint density at radius 2 is 2.35 bits per heavy atom. The highest BCUT2D eigenvalue weighted by molar-refractivity contribution is 5.35. The van der Waals surface area contributed by atoms with Gasteiger partial charge in [0.05, 0.1) is 11.6 Å². The van der Waals surface area contributed by atoms with E-state index in [2.05, 4.69) is 11.1 Å². The average molecular weight is 227 g/mol. The van der Waals surface area contributed by atoms with Crippen molar-refractivity contribution >= 4 is 0 Å². The maximum absolute atomic E-state index is 10.2. The van der Waals surface area contributed by atoms with Gasteiger partial charge in [0.2, 0.25) is 0 Å². The molecule has 2 aromatic rings. The molecule has 0 saturated carbocycles. The molecule has 17 heavy (non-hydrogen) atoms. The molecule has 1 aromatic carbocycles. The molecule has 1 aromatic heterocycles. The molecule has 0 aliphatic heterocycles. The van der Waals surface area contributed by atoms with Crippen LogP contribution in [0.1, 0.15) is 30.0 Å². The van der Waals surface area contributed by atoms with Crippen LogP contribution in [0.25, 0.3) is 0 Å². The van der Waals surface area contributed by atoms with Crippen molar-refractivity contribution in [1.29, 1.82) is 5.26 Å². The number of hydrogen-bond acceptors (Lipinski definition) is 3. The van der Waals surface area contributed by atoms with Gasteiger partial charge in [0.25, 0.3) is 0 Å². The summed E-state index contributed by atoms with van der Waals surface area (Å²) in [6.07, 6.45) is 2.70. The molecule has 1 atom stereocenters. The van der Waals surface area contributed by atoms with Gasteiger partial charge in [0.1, 0.15) is 11.9 Å². The van der Waals surface area contributed by atoms with Crippen LogP contribution in [-0.2, 0) is 6.54 Å². The van der Waals surface area contributed by atoms with Crippen LogP contribution < -0.4 is 0 Å². The minimum absolute atomic E-state index is 0.538. The van der Waals surface area contributed by atoms with Crippen LogP contribution in [0.5, 0.6) is 0 Å². The normalized spacial score (nSPS) is 12.1. The molecule has 0 radical (unpaired) electrons. The van der Waals surface area contributed by atoms with Gasteiger partial charge in [-0.05, 0) is 24.6 Å². The van der Waals surface area contributed by atoms with Crippen LogP contribution in [0, 0.1) is 11.3 Å². The maximum Gasteiger partial charge on any atom is 0.142 e. The summed E-state index contributed by atoms with van der Waals surface area (Å²) in [7, 11) is 0. The number of nitrogens with zero attached hydrogens (tertiary/aromatic N) is 3. The highest BCUT2D eigenvalue weighted by Gasteiger charge is 2.15. The SMILES string of the molecule is CCn1ccnc1C(O)c1cccc(C#N)c1. The van der Waals surface area contributed by atoms with Crippen LogP contribution in [-0.4, -0.2) is 14.7 Å². The van der Waals surface area contributed by atoms with Gasteiger partial charge in [-0.3, -0.25) is 0 Å². The zero-order valence-corrected chi connectivity index (χ0v) is 9.54. The molecular weight excluding hydrogens is 214 g/mol. The Labute approximate surface area is 99.8 Å². The lowest BCUT2D eigenvalue weighted by molar-refractivity contribution is 0.205. The fourth-order valence-electron chi connectivity index (χ4n) is 1.76. The van der Waals surface area contributed by atoms with Crippen LogP contribution in [0.2, 0.25) is 0 Å². The molecule has 0 spiro atoms. The zero-order chi connectivity index (χ0) is 12.3. The van der Waals surface area contributed by atoms with E-state index in [1.807, 2.05) is 17.7 Å². The quantitative estimate of drug-likeness (QED) is 0.870. The predicted octanol–water partition coefficient (Wildman–Crippen LogP) is 1.86. The van der Waals surface area contributed by atoms with Crippen LogP contribution >= 0.6 is 0 Å². The fourth-order valence-corrected chi connectivity index (χ4v) is 1.76. The first-order chi connectivity index (χ1) is 8.26. The Balaban J connectivity index is 2.37. The molecule has 1 unspecified atom stereocenters. The number of aryl methyl sites for hydroxylation is 1. The van der Waals surface area contributed by atoms with E-state index in [1.54, 1.807) is 30.5 Å². The van der Waals surface area contributed by atoms with E-state index >= 15 is 0 Å². The van der Waals surface area contributed by atoms with Gasteiger partial charge in [-0.2, -0.15) is 5.26 Å². The molecule has 0 fully saturated rings. The highest BCUT2D eigenvalue weighted by Crippen LogP contribution is 2.21. The first kappa shape index (κ1) is 11.4. The summed E-state index contributed by atoms with van der Waals surface area (Å²) in [5, 5.41) is 19.0. The van der Waals surface area contributed by atoms with Gasteiger partial charge < -0.3 is 9.67 Å². The number of imidazole rings is 1. The van der Waals surface area contributed by atoms with E-state index < -0.39 is 6.10 Å². The molecule has 1 heterocycles. The lowest BCUT2D eigenvalue weighted by Crippen LogP contribution is -2.08. The molecular formula is C13H13N3O. The number of hydrogen-bond donors (Lipinski definition) is 1. The van der Waals surface area contributed by atoms with E-state index in [1.165, 1.54) is 0 Å². The van der Waals surface area contributed by atoms with Gasteiger partial charge in [-0.15, -0.1) is 0 Å². The zero-order valence-electron chi connectivity index (χ0n) is 9.54. The number of rotatable bonds is 3. The third-order valence-electron chi connectivity index (χ3n) is 2.66. The number of nitriles is 1. The second-order valence-corrected chi connectivity index (χ2v) is 3.71. The lowest BCUT2D eigenvalue weighted by atomic mass is 10.1. The third-order valence-corrected chi connectivity index (χ3v) is 2.66. The van der Waals surface area contributed by atoms with Gasteiger partial charge in [0, 0.05) is 18.9 Å². The largest absolute Gasteiger partial charge is 0.380 e. The topological polar surface area (TPSA) is 61.8 Å². The molecule has 0 aliphatic rings. The Kier molecular flexibility index (Phi) is 3.22. The Morgan fingerprint density at radius 1 is 1.53 bits per heavy atom. The van der Waals surface area contributed by atoms with E-state index in [-0.39, 0.29) is 0 Å². The summed E-state index contributed by atoms with van der Waals surface area (Å²) in [5.41, 5.74) is 1.22. The minimum atomic E-state index is -0.793. The molecule has 2 rings (SSSR count). The summed E-state index contributed by atoms with van der Waals surface area (Å²) in [4.78, 5) is 4.15. The van der Waals surface area contributed by atoms with Crippen molar-refractivity contribution in [3.8, 4) is 6.07 Å². The molecule has 1 N–H and O–H groups in total. The third kappa shape index (κ3) is 2.19. The monoisotopic (exact) mass is 227 g/mol. The maximum atomic E-state index is 10.2. The van der Waals surface area contributed by atoms with Crippen LogP contribution in [0.3, 0.4) is 0 Å². The minimum Gasteiger partial charge on any atom is -0.380 e. The molecule has 0 amide bonds. The van der Waals surface area contributed by atoms with Crippen molar-refractivity contribution in [3.63, 3.8) is 0 Å². The van der Waals surface area contributed by atoms with E-state index in [0.29, 0.717) is 17.0 Å². The van der Waals surface area contributed by atoms with Crippen molar-refractivity contribution in [2.45, 2.75) is 19.6 Å². The van der Waals surface area contributed by atoms with Gasteiger partial charge >= 0.3 is 0 Å². The Bertz CT molecular complexity index is 554. The second-order valence-electron chi connectivity index (χ2n) is 3.71. The van der Waals surface area contributed by atoms with Crippen LogP contribution in [0.15, 0.2) is 36.7 Å². The average Bonchev–Trinajstić information content (AvgIpc) is 2.86. The number of benzene rings is 1. The van der Waals surface area contributed by atoms with E-state index in [4.69, 9.17) is 5.26 Å². The van der Waals surface area contributed by atoms with Crippen molar-refractivity contribution < 1.29 is 5.11 Å². The first-order valence-corrected chi connectivity index (χ1v) is 5.45. The van der Waals surface area contributed by atoms with Gasteiger partial charge in [0.15, 0.2) is 0 Å². The van der Waals surface area contributed by atoms with E-state index in [0.717, 1.165) is 6.54 Å². The highest BCUT2D eigenvalue weighted by atomic mass is 16.3. The van der Waals surface area contributed by atoms with Crippen molar-refractivity contribution in [2.75, 3.05) is 0 Å². The van der Waals surface area contributed by atoms with Gasteiger partial charge in [-0.1, -0.05) is 12.1 Å². The summed E-state index contributed by atoms with van der Waals surface area (Å²) in [5.74, 6) is 0.600. The Hall–Kier alpha value is -2.12. The Morgan fingerprint density at radius 3 is 3.06 bits per heavy atom. The molecule has 0 saturated heterocycles. The molecule has 0 aliphatic carbocycles. The molecule has 4 heteroatoms.